The number of anilines is 3. The highest BCUT2D eigenvalue weighted by Gasteiger charge is 2.24. The van der Waals surface area contributed by atoms with Crippen LogP contribution in [-0.2, 0) is 70.7 Å². The first kappa shape index (κ1) is 99.4. The van der Waals surface area contributed by atoms with Gasteiger partial charge in [-0.1, -0.05) is 15.3 Å². The highest BCUT2D eigenvalue weighted by molar-refractivity contribution is 5.70. The Morgan fingerprint density at radius 1 is 0.315 bits per heavy atom. The molecule has 33 nitrogen and oxygen atoms in total. The molecule has 0 fully saturated rings. The molecule has 6 aromatic rings. The Labute approximate surface area is 684 Å². The number of benzene rings is 3. The van der Waals surface area contributed by atoms with Crippen LogP contribution in [0.3, 0.4) is 0 Å². The second-order valence-electron chi connectivity index (χ2n) is 31.1. The molecule has 0 spiro atoms. The van der Waals surface area contributed by atoms with Gasteiger partial charge in [-0.2, -0.15) is 0 Å². The molecule has 0 unspecified atom stereocenters. The quantitative estimate of drug-likeness (QED) is 0.0186. The number of nitrogens with zero attached hydrogens (tertiary/aromatic N) is 15. The third-order valence-electron chi connectivity index (χ3n) is 14.1. The zero-order valence-electron chi connectivity index (χ0n) is 69.1. The van der Waals surface area contributed by atoms with Crippen molar-refractivity contribution < 1.29 is 120 Å². The van der Waals surface area contributed by atoms with Gasteiger partial charge in [0.25, 0.3) is 0 Å². The summed E-state index contributed by atoms with van der Waals surface area (Å²) in [7, 11) is 11.5. The van der Waals surface area contributed by atoms with Crippen LogP contribution in [0.15, 0.2) is 141 Å². The molecule has 6 amide bonds. The van der Waals surface area contributed by atoms with Crippen molar-refractivity contribution in [2.24, 2.45) is 73.0 Å². The number of hydrogen-bond acceptors (Lipinski definition) is 21. The predicted octanol–water partition coefficient (Wildman–Crippen LogP) is 3.37. The average molecular weight is 1710 g/mol. The van der Waals surface area contributed by atoms with Crippen LogP contribution < -0.4 is 109 Å². The summed E-state index contributed by atoms with van der Waals surface area (Å²) in [5, 5.41) is 42.6. The lowest BCUT2D eigenvalue weighted by atomic mass is 10.2. The number of carbonyl (C=O) groups excluding carboxylic acids is 6. The van der Waals surface area contributed by atoms with Crippen molar-refractivity contribution in [3.05, 3.63) is 110 Å². The van der Waals surface area contributed by atoms with Crippen LogP contribution in [0, 0.1) is 0 Å². The SMILES string of the molecule is Cn1cc[n+](C)c1N=Nc1ccc(N(CCNC(=O)OC(C)(C)C)CCNC(=O)OC(C)(C)C)cc1.Cn1cc[n+](C)c1N=Nc1ccc(N(CCNC(=O)OC(C)(C)C)CCNC(=O)OC(C)(C)C)cc1.Cn1cc[n+](C)c1N=Nc1ccc(N(CCNC(=O)OC(C)(C)C)CCNC(=O)OC(C)(C)C)cc1.[Cl-].[Cl-].[I-]. The van der Waals surface area contributed by atoms with E-state index in [4.69, 9.17) is 28.4 Å². The molecule has 3 aromatic carbocycles. The third-order valence-corrected chi connectivity index (χ3v) is 14.1. The van der Waals surface area contributed by atoms with Gasteiger partial charge in [0.2, 0.25) is 0 Å². The second-order valence-corrected chi connectivity index (χ2v) is 31.1. The van der Waals surface area contributed by atoms with Crippen LogP contribution in [0.5, 0.6) is 0 Å². The van der Waals surface area contributed by atoms with E-state index in [0.717, 1.165) is 34.9 Å². The van der Waals surface area contributed by atoms with E-state index in [0.29, 0.717) is 95.6 Å². The largest absolute Gasteiger partial charge is 1.00 e. The van der Waals surface area contributed by atoms with Crippen LogP contribution in [0.25, 0.3) is 0 Å². The number of azo groups is 3. The summed E-state index contributed by atoms with van der Waals surface area (Å²) in [5.41, 5.74) is 1.45. The number of nitrogens with one attached hydrogen (secondary N) is 6. The van der Waals surface area contributed by atoms with E-state index in [1.165, 1.54) is 0 Å². The Morgan fingerprint density at radius 2 is 0.477 bits per heavy atom. The van der Waals surface area contributed by atoms with Gasteiger partial charge < -0.3 is 124 Å². The molecule has 0 radical (unpaired) electrons. The number of carbonyl (C=O) groups is 6. The fourth-order valence-corrected chi connectivity index (χ4v) is 9.42. The molecule has 0 bridgehead atoms. The Balaban J connectivity index is 0.000000821. The van der Waals surface area contributed by atoms with Gasteiger partial charge >= 0.3 is 54.4 Å². The van der Waals surface area contributed by atoms with Gasteiger partial charge in [0.15, 0.2) is 0 Å². The van der Waals surface area contributed by atoms with E-state index in [9.17, 15) is 28.8 Å². The number of rotatable bonds is 27. The van der Waals surface area contributed by atoms with Crippen molar-refractivity contribution in [1.82, 2.24) is 45.6 Å². The molecule has 3 aromatic heterocycles. The zero-order valence-corrected chi connectivity index (χ0v) is 72.8. The zero-order chi connectivity index (χ0) is 80.8. The minimum absolute atomic E-state index is 0. The molecule has 0 aliphatic rings. The van der Waals surface area contributed by atoms with Gasteiger partial charge in [-0.25, -0.2) is 56.2 Å². The van der Waals surface area contributed by atoms with Gasteiger partial charge in [0.1, 0.15) is 50.7 Å². The van der Waals surface area contributed by atoms with E-state index < -0.39 is 70.2 Å². The number of imidazole rings is 3. The predicted molar refractivity (Wildman–Crippen MR) is 414 cm³/mol. The standard InChI is InChI=1S/3C25H39N7O4.2ClH.HI/c3*1-24(2,3)35-22(33)26-13-15-32(16-14-27-23(34)36-25(4,5)6)20-11-9-19(10-12-20)28-29-21-30(7)17-18-31(21)8;;;/h3*9-12,17-18H,13-16H2,1-8H3,(H-,26,27,33,34);3*1H. The summed E-state index contributed by atoms with van der Waals surface area (Å²) >= 11 is 0. The van der Waals surface area contributed by atoms with Crippen LogP contribution in [0.4, 0.5) is 80.7 Å². The smallest absolute Gasteiger partial charge is 0.421 e. The highest BCUT2D eigenvalue weighted by atomic mass is 127. The number of halogens is 3. The molecule has 0 saturated carbocycles. The van der Waals surface area contributed by atoms with Crippen molar-refractivity contribution in [3.8, 4) is 0 Å². The average Bonchev–Trinajstić information content (AvgIpc) is 1.84. The number of hydrogen-bond donors (Lipinski definition) is 6. The van der Waals surface area contributed by atoms with Gasteiger partial charge in [-0.15, -0.1) is 0 Å². The molecule has 618 valence electrons. The van der Waals surface area contributed by atoms with E-state index in [-0.39, 0.29) is 48.8 Å². The fourth-order valence-electron chi connectivity index (χ4n) is 9.42. The lowest BCUT2D eigenvalue weighted by molar-refractivity contribution is -0.657. The maximum absolute atomic E-state index is 12.0. The van der Waals surface area contributed by atoms with Crippen molar-refractivity contribution >= 4 is 88.5 Å². The van der Waals surface area contributed by atoms with Crippen LogP contribution >= 0.6 is 0 Å². The Bertz CT molecular complexity index is 3360. The maximum atomic E-state index is 12.0. The van der Waals surface area contributed by atoms with Crippen LogP contribution in [0.2, 0.25) is 0 Å². The summed E-state index contributed by atoms with van der Waals surface area (Å²) in [6.45, 7) is 38.0. The van der Waals surface area contributed by atoms with Crippen molar-refractivity contribution in [2.75, 3.05) is 93.2 Å². The van der Waals surface area contributed by atoms with E-state index in [2.05, 4.69) is 62.6 Å². The summed E-state index contributed by atoms with van der Waals surface area (Å²) in [6, 6.07) is 22.8. The lowest BCUT2D eigenvalue weighted by Gasteiger charge is -2.26. The third kappa shape index (κ3) is 41.9. The molecular weight excluding hydrogens is 1580 g/mol. The maximum Gasteiger partial charge on any atom is 0.421 e. The number of amides is 6. The molecular formula is C75H120Cl2IN21O12. The molecule has 0 aliphatic heterocycles. The minimum atomic E-state index is -0.568. The molecule has 0 atom stereocenters. The number of ether oxygens (including phenoxy) is 6. The van der Waals surface area contributed by atoms with Crippen molar-refractivity contribution in [2.45, 2.75) is 158 Å². The fraction of sp³-hybridized carbons (Fsp3) is 0.560. The molecule has 0 aliphatic carbocycles. The topological polar surface area (TPSA) is 340 Å². The first-order valence-corrected chi connectivity index (χ1v) is 35.8. The second kappa shape index (κ2) is 46.3. The monoisotopic (exact) mass is 1700 g/mol. The number of alkyl carbamates (subject to hydrolysis) is 6. The summed E-state index contributed by atoms with van der Waals surface area (Å²) in [5.74, 6) is 2.17. The normalized spacial score (nSPS) is 11.6. The summed E-state index contributed by atoms with van der Waals surface area (Å²) in [4.78, 5) is 78.3. The minimum Gasteiger partial charge on any atom is -1.00 e. The first-order valence-electron chi connectivity index (χ1n) is 35.8. The molecule has 111 heavy (non-hydrogen) atoms. The lowest BCUT2D eigenvalue weighted by Crippen LogP contribution is -3.00. The van der Waals surface area contributed by atoms with Gasteiger partial charge in [-0.05, 0) is 197 Å². The Hall–Kier alpha value is -9.58. The van der Waals surface area contributed by atoms with Crippen molar-refractivity contribution in [3.63, 3.8) is 0 Å². The van der Waals surface area contributed by atoms with Gasteiger partial charge in [0.05, 0.1) is 79.5 Å². The highest BCUT2D eigenvalue weighted by Crippen LogP contribution is 2.25. The number of aromatic nitrogens is 6. The van der Waals surface area contributed by atoms with Gasteiger partial charge in [-0.3, -0.25) is 0 Å². The van der Waals surface area contributed by atoms with Crippen molar-refractivity contribution in [1.29, 1.82) is 0 Å². The molecule has 6 rings (SSSR count). The summed E-state index contributed by atoms with van der Waals surface area (Å²) < 4.78 is 43.1. The molecule has 6 N–H and O–H groups in total. The van der Waals surface area contributed by atoms with E-state index in [1.54, 1.807) is 0 Å². The molecule has 0 saturated heterocycles. The number of aryl methyl sites for hydroxylation is 6. The van der Waals surface area contributed by atoms with Gasteiger partial charge in [0, 0.05) is 111 Å². The van der Waals surface area contributed by atoms with Crippen LogP contribution in [0.1, 0.15) is 125 Å². The molecule has 3 heterocycles. The van der Waals surface area contributed by atoms with Crippen LogP contribution in [-0.4, -0.2) is 162 Å². The van der Waals surface area contributed by atoms with E-state index >= 15 is 0 Å². The summed E-state index contributed by atoms with van der Waals surface area (Å²) in [6.07, 6.45) is 8.61. The Kier molecular flexibility index (Phi) is 41.5. The van der Waals surface area contributed by atoms with E-state index in [1.807, 2.05) is 319 Å². The first-order chi connectivity index (χ1) is 50.2. The molecule has 36 heteroatoms. The Morgan fingerprint density at radius 3 is 0.613 bits per heavy atom.